The van der Waals surface area contributed by atoms with E-state index in [0.29, 0.717) is 0 Å². The number of para-hydroxylation sites is 1. The van der Waals surface area contributed by atoms with Crippen molar-refractivity contribution in [2.45, 2.75) is 48.5 Å². The summed E-state index contributed by atoms with van der Waals surface area (Å²) in [6, 6.07) is 52.8. The molecular formula is C58H57N7. The van der Waals surface area contributed by atoms with Crippen LogP contribution in [0.2, 0.25) is 0 Å². The van der Waals surface area contributed by atoms with Crippen LogP contribution >= 0.6 is 0 Å². The number of aryl methyl sites for hydroxylation is 7. The van der Waals surface area contributed by atoms with Crippen molar-refractivity contribution in [3.05, 3.63) is 259 Å². The monoisotopic (exact) mass is 851 g/mol. The minimum absolute atomic E-state index is 1.07. The van der Waals surface area contributed by atoms with E-state index < -0.39 is 0 Å². The smallest absolute Gasteiger partial charge is 0.0704 e. The summed E-state index contributed by atoms with van der Waals surface area (Å²) < 4.78 is 0. The fraction of sp³-hybridized carbons (Fsp3) is 0.121. The van der Waals surface area contributed by atoms with Crippen LogP contribution in [0, 0.1) is 48.5 Å². The third kappa shape index (κ3) is 16.3. The number of rotatable bonds is 0. The molecule has 0 amide bonds. The molecular weight excluding hydrogens is 795 g/mol. The van der Waals surface area contributed by atoms with Crippen LogP contribution in [0.5, 0.6) is 0 Å². The highest BCUT2D eigenvalue weighted by Gasteiger charge is 1.96. The Bertz CT molecular complexity index is 2650. The zero-order valence-corrected chi connectivity index (χ0v) is 38.4. The number of hydrogen-bond acceptors (Lipinski definition) is 7. The van der Waals surface area contributed by atoms with Gasteiger partial charge in [0, 0.05) is 94.9 Å². The molecule has 7 heterocycles. The van der Waals surface area contributed by atoms with E-state index in [4.69, 9.17) is 0 Å². The van der Waals surface area contributed by atoms with Crippen molar-refractivity contribution < 1.29 is 0 Å². The molecule has 11 aromatic rings. The number of benzene rings is 4. The third-order valence-electron chi connectivity index (χ3n) is 9.94. The minimum atomic E-state index is 1.07. The molecule has 7 aromatic heterocycles. The van der Waals surface area contributed by atoms with Gasteiger partial charge in [-0.25, -0.2) is 0 Å². The second-order valence-electron chi connectivity index (χ2n) is 15.1. The van der Waals surface area contributed by atoms with Crippen LogP contribution in [-0.2, 0) is 0 Å². The van der Waals surface area contributed by atoms with Gasteiger partial charge in [-0.1, -0.05) is 97.1 Å². The standard InChI is InChI=1S/4C10H9N.3C6H7N/c1-8-4-2-6-10-9(8)5-3-7-11-10;1-8-6-11-7-9-4-2-3-5-10(8)9;1-8-10-5-3-2-4-9(10)6-7-11-8;1-8-6-7-11-10-5-3-2-4-9(8)10;1-6-2-4-7-5-3-6;1-6-3-2-4-7-5-6;1-6-4-2-3-5-7-6/h4*2-7H,1H3;3*2-5H,1H3. The molecule has 0 aliphatic rings. The Morgan fingerprint density at radius 3 is 1.45 bits per heavy atom. The lowest BCUT2D eigenvalue weighted by molar-refractivity contribution is 1.20. The summed E-state index contributed by atoms with van der Waals surface area (Å²) in [7, 11) is 0. The van der Waals surface area contributed by atoms with Crippen LogP contribution in [0.15, 0.2) is 220 Å². The molecule has 0 unspecified atom stereocenters. The fourth-order valence-electron chi connectivity index (χ4n) is 6.36. The van der Waals surface area contributed by atoms with E-state index in [9.17, 15) is 0 Å². The van der Waals surface area contributed by atoms with Gasteiger partial charge in [0.1, 0.15) is 0 Å². The van der Waals surface area contributed by atoms with Crippen molar-refractivity contribution >= 4 is 43.4 Å². The number of pyridine rings is 7. The van der Waals surface area contributed by atoms with Crippen molar-refractivity contribution in [2.24, 2.45) is 0 Å². The summed E-state index contributed by atoms with van der Waals surface area (Å²) in [5, 5.41) is 7.51. The van der Waals surface area contributed by atoms with Gasteiger partial charge in [-0.2, -0.15) is 0 Å². The average molecular weight is 852 g/mol. The van der Waals surface area contributed by atoms with Crippen LogP contribution in [0.25, 0.3) is 43.4 Å². The quantitative estimate of drug-likeness (QED) is 0.150. The first-order valence-electron chi connectivity index (χ1n) is 21.5. The SMILES string of the molecule is Cc1cccc2ncccc12.Cc1ccccn1.Cc1cccnc1.Cc1ccnc2ccccc12.Cc1ccncc1.Cc1cncc2ccccc12.Cc1nccc2ccccc12. The van der Waals surface area contributed by atoms with Crippen molar-refractivity contribution in [1.29, 1.82) is 0 Å². The Hall–Kier alpha value is -8.03. The van der Waals surface area contributed by atoms with Gasteiger partial charge in [0.15, 0.2) is 0 Å². The second kappa shape index (κ2) is 26.4. The maximum atomic E-state index is 4.24. The van der Waals surface area contributed by atoms with Crippen LogP contribution in [0.4, 0.5) is 0 Å². The van der Waals surface area contributed by atoms with Gasteiger partial charge in [0.2, 0.25) is 0 Å². The highest BCUT2D eigenvalue weighted by molar-refractivity contribution is 5.85. The summed E-state index contributed by atoms with van der Waals surface area (Å²) in [4.78, 5) is 28.5. The molecule has 0 atom stereocenters. The van der Waals surface area contributed by atoms with Gasteiger partial charge in [-0.3, -0.25) is 34.9 Å². The zero-order chi connectivity index (χ0) is 46.1. The largest absolute Gasteiger partial charge is 0.265 e. The second-order valence-corrected chi connectivity index (χ2v) is 15.1. The van der Waals surface area contributed by atoms with Gasteiger partial charge in [0.05, 0.1) is 11.0 Å². The lowest BCUT2D eigenvalue weighted by Crippen LogP contribution is -1.80. The van der Waals surface area contributed by atoms with E-state index in [0.717, 1.165) is 22.4 Å². The van der Waals surface area contributed by atoms with Crippen molar-refractivity contribution in [3.8, 4) is 0 Å². The Balaban J connectivity index is 0.000000144. The molecule has 324 valence electrons. The molecule has 7 nitrogen and oxygen atoms in total. The summed E-state index contributed by atoms with van der Waals surface area (Å²) in [6.45, 7) is 14.3. The van der Waals surface area contributed by atoms with E-state index in [2.05, 4.69) is 104 Å². The highest BCUT2D eigenvalue weighted by Crippen LogP contribution is 2.17. The van der Waals surface area contributed by atoms with Crippen molar-refractivity contribution in [1.82, 2.24) is 34.9 Å². The Morgan fingerprint density at radius 1 is 0.277 bits per heavy atom. The molecule has 0 aliphatic carbocycles. The topological polar surface area (TPSA) is 90.2 Å². The molecule has 4 aromatic carbocycles. The van der Waals surface area contributed by atoms with E-state index in [1.807, 2.05) is 174 Å². The van der Waals surface area contributed by atoms with E-state index in [1.165, 1.54) is 60.1 Å². The van der Waals surface area contributed by atoms with E-state index in [1.54, 1.807) is 24.8 Å². The van der Waals surface area contributed by atoms with Crippen LogP contribution in [-0.4, -0.2) is 34.9 Å². The Morgan fingerprint density at radius 2 is 0.862 bits per heavy atom. The molecule has 0 N–H and O–H groups in total. The van der Waals surface area contributed by atoms with Gasteiger partial charge in [-0.15, -0.1) is 0 Å². The summed E-state index contributed by atoms with van der Waals surface area (Å²) in [5.41, 5.74) is 10.6. The number of nitrogens with zero attached hydrogens (tertiary/aromatic N) is 7. The van der Waals surface area contributed by atoms with E-state index in [-0.39, 0.29) is 0 Å². The summed E-state index contributed by atoms with van der Waals surface area (Å²) in [6.07, 6.45) is 18.3. The fourth-order valence-corrected chi connectivity index (χ4v) is 6.36. The predicted molar refractivity (Wildman–Crippen MR) is 273 cm³/mol. The van der Waals surface area contributed by atoms with Gasteiger partial charge in [-0.05, 0) is 148 Å². The maximum Gasteiger partial charge on any atom is 0.0704 e. The Kier molecular flexibility index (Phi) is 19.5. The molecule has 65 heavy (non-hydrogen) atoms. The lowest BCUT2D eigenvalue weighted by Gasteiger charge is -1.98. The molecule has 0 bridgehead atoms. The summed E-state index contributed by atoms with van der Waals surface area (Å²) >= 11 is 0. The van der Waals surface area contributed by atoms with Crippen LogP contribution in [0.1, 0.15) is 39.2 Å². The van der Waals surface area contributed by atoms with Gasteiger partial charge in [0.25, 0.3) is 0 Å². The molecule has 0 aliphatic heterocycles. The minimum Gasteiger partial charge on any atom is -0.265 e. The first-order chi connectivity index (χ1) is 31.7. The third-order valence-corrected chi connectivity index (χ3v) is 9.94. The molecule has 0 radical (unpaired) electrons. The first kappa shape index (κ1) is 48.0. The van der Waals surface area contributed by atoms with Crippen LogP contribution < -0.4 is 0 Å². The highest BCUT2D eigenvalue weighted by atomic mass is 14.7. The summed E-state index contributed by atoms with van der Waals surface area (Å²) in [5.74, 6) is 0. The number of aromatic nitrogens is 7. The molecule has 11 rings (SSSR count). The lowest BCUT2D eigenvalue weighted by atomic mass is 10.1. The number of hydrogen-bond donors (Lipinski definition) is 0. The predicted octanol–water partition coefficient (Wildman–Crippen LogP) is 14.3. The number of fused-ring (bicyclic) bond motifs is 4. The Labute approximate surface area is 384 Å². The molecule has 7 heteroatoms. The maximum absolute atomic E-state index is 4.24. The zero-order valence-electron chi connectivity index (χ0n) is 38.4. The first-order valence-corrected chi connectivity index (χ1v) is 21.5. The molecule has 0 saturated heterocycles. The molecule has 0 saturated carbocycles. The van der Waals surface area contributed by atoms with Gasteiger partial charge >= 0.3 is 0 Å². The van der Waals surface area contributed by atoms with Crippen molar-refractivity contribution in [3.63, 3.8) is 0 Å². The van der Waals surface area contributed by atoms with Crippen molar-refractivity contribution in [2.75, 3.05) is 0 Å². The van der Waals surface area contributed by atoms with Gasteiger partial charge < -0.3 is 0 Å². The normalized spacial score (nSPS) is 9.77. The van der Waals surface area contributed by atoms with Crippen LogP contribution in [0.3, 0.4) is 0 Å². The molecule has 0 fully saturated rings. The van der Waals surface area contributed by atoms with E-state index >= 15 is 0 Å². The molecule has 0 spiro atoms. The average Bonchev–Trinajstić information content (AvgIpc) is 3.34.